The summed E-state index contributed by atoms with van der Waals surface area (Å²) in [5.74, 6) is -1.34. The number of esters is 1. The van der Waals surface area contributed by atoms with Gasteiger partial charge in [-0.3, -0.25) is 10.1 Å². The second-order valence-corrected chi connectivity index (χ2v) is 6.66. The number of hydrogen-bond donors (Lipinski definition) is 2. The van der Waals surface area contributed by atoms with Gasteiger partial charge in [0.05, 0.1) is 0 Å². The molecule has 0 bridgehead atoms. The smallest absolute Gasteiger partial charge is 0.349 e. The fraction of sp³-hybridized carbons (Fsp3) is 0.400. The summed E-state index contributed by atoms with van der Waals surface area (Å²) < 4.78 is 4.98. The van der Waals surface area contributed by atoms with Crippen LogP contribution in [-0.2, 0) is 14.3 Å². The summed E-state index contributed by atoms with van der Waals surface area (Å²) in [4.78, 5) is 35.5. The van der Waals surface area contributed by atoms with Gasteiger partial charge < -0.3 is 10.1 Å². The number of nitrogens with one attached hydrogen (secondary N) is 2. The molecule has 144 valence electrons. The molecule has 1 aromatic carbocycles. The fourth-order valence-corrected chi connectivity index (χ4v) is 2.07. The lowest BCUT2D eigenvalue weighted by atomic mass is 10.0. The lowest BCUT2D eigenvalue weighted by Gasteiger charge is -2.14. The molecule has 7 heteroatoms. The van der Waals surface area contributed by atoms with Gasteiger partial charge in [0.25, 0.3) is 5.91 Å². The Balaban J connectivity index is 2.76. The molecule has 0 aromatic heterocycles. The molecular weight excluding hydrogens is 346 g/mol. The Morgan fingerprint density at radius 2 is 1.67 bits per heavy atom. The van der Waals surface area contributed by atoms with Crippen molar-refractivity contribution >= 4 is 24.0 Å². The lowest BCUT2D eigenvalue weighted by molar-refractivity contribution is -0.150. The Labute approximate surface area is 159 Å². The van der Waals surface area contributed by atoms with Crippen LogP contribution in [0.1, 0.15) is 51.7 Å². The van der Waals surface area contributed by atoms with Crippen LogP contribution in [0.4, 0.5) is 4.79 Å². The minimum absolute atomic E-state index is 0.147. The van der Waals surface area contributed by atoms with Crippen molar-refractivity contribution in [1.29, 1.82) is 5.26 Å². The van der Waals surface area contributed by atoms with Gasteiger partial charge in [-0.1, -0.05) is 38.1 Å². The van der Waals surface area contributed by atoms with Crippen LogP contribution in [0.25, 0.3) is 6.08 Å². The molecular formula is C20H25N3O4. The highest BCUT2D eigenvalue weighted by Gasteiger charge is 2.22. The number of amides is 3. The van der Waals surface area contributed by atoms with E-state index in [-0.39, 0.29) is 11.6 Å². The van der Waals surface area contributed by atoms with Crippen molar-refractivity contribution in [3.8, 4) is 6.07 Å². The molecule has 0 aliphatic rings. The van der Waals surface area contributed by atoms with Crippen molar-refractivity contribution in [2.45, 2.75) is 52.7 Å². The van der Waals surface area contributed by atoms with E-state index in [0.29, 0.717) is 11.5 Å². The number of nitrogens with zero attached hydrogens (tertiary/aromatic N) is 1. The predicted molar refractivity (Wildman–Crippen MR) is 101 cm³/mol. The SMILES string of the molecule is CC(C)NC(=O)NC(=O)[C@@H](C)OC(=O)/C(C#N)=C/c1ccc(C(C)C)cc1. The summed E-state index contributed by atoms with van der Waals surface area (Å²) in [5, 5.41) is 13.8. The topological polar surface area (TPSA) is 108 Å². The van der Waals surface area contributed by atoms with E-state index in [1.165, 1.54) is 13.0 Å². The van der Waals surface area contributed by atoms with Gasteiger partial charge in [-0.05, 0) is 43.9 Å². The summed E-state index contributed by atoms with van der Waals surface area (Å²) in [6.45, 7) is 8.94. The molecule has 0 saturated carbocycles. The molecule has 2 N–H and O–H groups in total. The standard InChI is InChI=1S/C20H25N3O4/c1-12(2)16-8-6-15(7-9-16)10-17(11-21)19(25)27-14(5)18(24)23-20(26)22-13(3)4/h6-10,12-14H,1-5H3,(H2,22,23,24,26)/b17-10+/t14-/m1/s1. The minimum Gasteiger partial charge on any atom is -0.448 e. The lowest BCUT2D eigenvalue weighted by Crippen LogP contribution is -2.46. The van der Waals surface area contributed by atoms with E-state index in [1.54, 1.807) is 32.0 Å². The Kier molecular flexibility index (Phi) is 8.21. The first kappa shape index (κ1) is 21.9. The van der Waals surface area contributed by atoms with Crippen LogP contribution in [-0.4, -0.2) is 30.1 Å². The van der Waals surface area contributed by atoms with Crippen LogP contribution < -0.4 is 10.6 Å². The average molecular weight is 371 g/mol. The monoisotopic (exact) mass is 371 g/mol. The molecule has 0 fully saturated rings. The van der Waals surface area contributed by atoms with Crippen LogP contribution in [0, 0.1) is 11.3 Å². The van der Waals surface area contributed by atoms with Crippen molar-refractivity contribution in [2.75, 3.05) is 0 Å². The highest BCUT2D eigenvalue weighted by Crippen LogP contribution is 2.16. The van der Waals surface area contributed by atoms with Crippen LogP contribution >= 0.6 is 0 Å². The van der Waals surface area contributed by atoms with Gasteiger partial charge in [-0.2, -0.15) is 5.26 Å². The average Bonchev–Trinajstić information content (AvgIpc) is 2.58. The second kappa shape index (κ2) is 10.1. The van der Waals surface area contributed by atoms with Gasteiger partial charge >= 0.3 is 12.0 Å². The van der Waals surface area contributed by atoms with Crippen molar-refractivity contribution in [1.82, 2.24) is 10.6 Å². The van der Waals surface area contributed by atoms with Crippen molar-refractivity contribution in [3.63, 3.8) is 0 Å². The normalized spacial score (nSPS) is 12.3. The molecule has 0 spiro atoms. The molecule has 0 radical (unpaired) electrons. The second-order valence-electron chi connectivity index (χ2n) is 6.66. The maximum Gasteiger partial charge on any atom is 0.349 e. The molecule has 0 unspecified atom stereocenters. The van der Waals surface area contributed by atoms with E-state index in [0.717, 1.165) is 5.56 Å². The predicted octanol–water partition coefficient (Wildman–Crippen LogP) is 2.88. The third-order valence-corrected chi connectivity index (χ3v) is 3.56. The van der Waals surface area contributed by atoms with Gasteiger partial charge in [-0.15, -0.1) is 0 Å². The zero-order valence-corrected chi connectivity index (χ0v) is 16.2. The van der Waals surface area contributed by atoms with Crippen molar-refractivity contribution in [3.05, 3.63) is 41.0 Å². The van der Waals surface area contributed by atoms with E-state index < -0.39 is 24.0 Å². The van der Waals surface area contributed by atoms with E-state index in [4.69, 9.17) is 4.74 Å². The third kappa shape index (κ3) is 7.32. The molecule has 1 rings (SSSR count). The molecule has 1 atom stereocenters. The van der Waals surface area contributed by atoms with Crippen molar-refractivity contribution < 1.29 is 19.1 Å². The summed E-state index contributed by atoms with van der Waals surface area (Å²) in [6.07, 6.45) is 0.165. The Morgan fingerprint density at radius 3 is 2.15 bits per heavy atom. The Morgan fingerprint density at radius 1 is 1.07 bits per heavy atom. The number of carbonyl (C=O) groups excluding carboxylic acids is 3. The van der Waals surface area contributed by atoms with E-state index in [2.05, 4.69) is 24.5 Å². The number of benzene rings is 1. The maximum absolute atomic E-state index is 12.1. The Hall–Kier alpha value is -3.14. The van der Waals surface area contributed by atoms with Gasteiger partial charge in [0.1, 0.15) is 11.6 Å². The van der Waals surface area contributed by atoms with E-state index in [9.17, 15) is 19.6 Å². The van der Waals surface area contributed by atoms with Gasteiger partial charge in [0.2, 0.25) is 0 Å². The first-order chi connectivity index (χ1) is 12.6. The maximum atomic E-state index is 12.1. The molecule has 27 heavy (non-hydrogen) atoms. The van der Waals surface area contributed by atoms with Crippen molar-refractivity contribution in [2.24, 2.45) is 0 Å². The van der Waals surface area contributed by atoms with Gasteiger partial charge in [0, 0.05) is 6.04 Å². The number of rotatable bonds is 6. The number of hydrogen-bond acceptors (Lipinski definition) is 5. The first-order valence-corrected chi connectivity index (χ1v) is 8.68. The zero-order chi connectivity index (χ0) is 20.6. The van der Waals surface area contributed by atoms with Crippen LogP contribution in [0.2, 0.25) is 0 Å². The molecule has 1 aromatic rings. The van der Waals surface area contributed by atoms with Crippen LogP contribution in [0.5, 0.6) is 0 Å². The number of urea groups is 1. The summed E-state index contributed by atoms with van der Waals surface area (Å²) in [6, 6.07) is 8.38. The van der Waals surface area contributed by atoms with E-state index in [1.807, 2.05) is 12.1 Å². The van der Waals surface area contributed by atoms with E-state index >= 15 is 0 Å². The van der Waals surface area contributed by atoms with Gasteiger partial charge in [-0.25, -0.2) is 9.59 Å². The Bertz CT molecular complexity index is 758. The molecule has 7 nitrogen and oxygen atoms in total. The summed E-state index contributed by atoms with van der Waals surface area (Å²) in [5.41, 5.74) is 1.57. The summed E-state index contributed by atoms with van der Waals surface area (Å²) in [7, 11) is 0. The number of carbonyl (C=O) groups is 3. The third-order valence-electron chi connectivity index (χ3n) is 3.56. The zero-order valence-electron chi connectivity index (χ0n) is 16.2. The quantitative estimate of drug-likeness (QED) is 0.454. The van der Waals surface area contributed by atoms with Crippen LogP contribution in [0.15, 0.2) is 29.8 Å². The highest BCUT2D eigenvalue weighted by molar-refractivity contribution is 6.01. The molecule has 0 aliphatic carbocycles. The summed E-state index contributed by atoms with van der Waals surface area (Å²) >= 11 is 0. The number of nitriles is 1. The fourth-order valence-electron chi connectivity index (χ4n) is 2.07. The molecule has 0 heterocycles. The van der Waals surface area contributed by atoms with Gasteiger partial charge in [0.15, 0.2) is 6.10 Å². The molecule has 3 amide bonds. The largest absolute Gasteiger partial charge is 0.448 e. The van der Waals surface area contributed by atoms with Crippen LogP contribution in [0.3, 0.4) is 0 Å². The molecule has 0 saturated heterocycles. The molecule has 0 aliphatic heterocycles. The minimum atomic E-state index is -1.23. The highest BCUT2D eigenvalue weighted by atomic mass is 16.5. The number of imide groups is 1. The number of ether oxygens (including phenoxy) is 1. The first-order valence-electron chi connectivity index (χ1n) is 8.68.